The van der Waals surface area contributed by atoms with E-state index in [9.17, 15) is 9.18 Å². The molecule has 1 N–H and O–H groups in total. The van der Waals surface area contributed by atoms with Gasteiger partial charge in [-0.1, -0.05) is 0 Å². The van der Waals surface area contributed by atoms with Gasteiger partial charge in [-0.25, -0.2) is 4.39 Å². The standard InChI is InChI=1S/C9H7FN2O/c1-6(13)12-9-3-2-7(5-11)4-8(9)10/h2-4H,1H3,(H,12,13). The number of hydrogen-bond donors (Lipinski definition) is 1. The lowest BCUT2D eigenvalue weighted by Gasteiger charge is -2.02. The summed E-state index contributed by atoms with van der Waals surface area (Å²) in [5.41, 5.74) is 0.318. The number of nitrogens with zero attached hydrogens (tertiary/aromatic N) is 1. The van der Waals surface area contributed by atoms with Crippen LogP contribution in [0.5, 0.6) is 0 Å². The van der Waals surface area contributed by atoms with Gasteiger partial charge in [0.15, 0.2) is 0 Å². The van der Waals surface area contributed by atoms with Gasteiger partial charge in [-0.15, -0.1) is 0 Å². The van der Waals surface area contributed by atoms with Crippen molar-refractivity contribution in [2.75, 3.05) is 5.32 Å². The second-order valence-electron chi connectivity index (χ2n) is 2.49. The Morgan fingerprint density at radius 2 is 2.31 bits per heavy atom. The van der Waals surface area contributed by atoms with Crippen LogP contribution in [0.25, 0.3) is 0 Å². The van der Waals surface area contributed by atoms with Gasteiger partial charge < -0.3 is 5.32 Å². The predicted molar refractivity (Wildman–Crippen MR) is 45.4 cm³/mol. The third kappa shape index (κ3) is 2.27. The minimum atomic E-state index is -0.603. The van der Waals surface area contributed by atoms with Crippen LogP contribution in [0.3, 0.4) is 0 Å². The van der Waals surface area contributed by atoms with Crippen molar-refractivity contribution in [3.8, 4) is 6.07 Å². The van der Waals surface area contributed by atoms with Crippen LogP contribution in [-0.2, 0) is 4.79 Å². The molecule has 4 heteroatoms. The van der Waals surface area contributed by atoms with Crippen LogP contribution in [0.2, 0.25) is 0 Å². The number of carbonyl (C=O) groups excluding carboxylic acids is 1. The summed E-state index contributed by atoms with van der Waals surface area (Å²) in [6.07, 6.45) is 0. The molecule has 0 aliphatic heterocycles. The van der Waals surface area contributed by atoms with Crippen molar-refractivity contribution in [1.82, 2.24) is 0 Å². The maximum Gasteiger partial charge on any atom is 0.221 e. The number of carbonyl (C=O) groups is 1. The minimum Gasteiger partial charge on any atom is -0.324 e. The summed E-state index contributed by atoms with van der Waals surface area (Å²) >= 11 is 0. The highest BCUT2D eigenvalue weighted by Gasteiger charge is 2.03. The fraction of sp³-hybridized carbons (Fsp3) is 0.111. The van der Waals surface area contributed by atoms with Gasteiger partial charge in [0, 0.05) is 6.92 Å². The number of benzene rings is 1. The number of amides is 1. The van der Waals surface area contributed by atoms with Crippen molar-refractivity contribution in [1.29, 1.82) is 5.26 Å². The second kappa shape index (κ2) is 3.68. The third-order valence-corrected chi connectivity index (χ3v) is 1.41. The Hall–Kier alpha value is -1.89. The lowest BCUT2D eigenvalue weighted by Crippen LogP contribution is -2.07. The van der Waals surface area contributed by atoms with Crippen LogP contribution in [0, 0.1) is 17.1 Å². The first-order chi connectivity index (χ1) is 6.13. The van der Waals surface area contributed by atoms with E-state index < -0.39 is 5.82 Å². The van der Waals surface area contributed by atoms with Crippen molar-refractivity contribution >= 4 is 11.6 Å². The Bertz CT molecular complexity index is 382. The number of anilines is 1. The Morgan fingerprint density at radius 1 is 1.62 bits per heavy atom. The Balaban J connectivity index is 3.00. The summed E-state index contributed by atoms with van der Waals surface area (Å²) in [5.74, 6) is -0.946. The van der Waals surface area contributed by atoms with Gasteiger partial charge in [-0.3, -0.25) is 4.79 Å². The molecule has 66 valence electrons. The molecule has 0 saturated heterocycles. The van der Waals surface area contributed by atoms with E-state index in [1.807, 2.05) is 0 Å². The van der Waals surface area contributed by atoms with Crippen molar-refractivity contribution in [3.63, 3.8) is 0 Å². The largest absolute Gasteiger partial charge is 0.324 e. The molecule has 1 aromatic rings. The zero-order valence-corrected chi connectivity index (χ0v) is 6.97. The Labute approximate surface area is 74.8 Å². The quantitative estimate of drug-likeness (QED) is 0.710. The molecule has 0 heterocycles. The van der Waals surface area contributed by atoms with Crippen LogP contribution in [0.15, 0.2) is 18.2 Å². The molecule has 1 aromatic carbocycles. The molecule has 0 aliphatic carbocycles. The molecule has 0 bridgehead atoms. The van der Waals surface area contributed by atoms with E-state index in [0.717, 1.165) is 6.07 Å². The van der Waals surface area contributed by atoms with E-state index in [0.29, 0.717) is 0 Å². The van der Waals surface area contributed by atoms with E-state index in [-0.39, 0.29) is 17.2 Å². The average Bonchev–Trinajstić information content (AvgIpc) is 2.08. The van der Waals surface area contributed by atoms with Crippen LogP contribution < -0.4 is 5.32 Å². The first-order valence-electron chi connectivity index (χ1n) is 3.60. The van der Waals surface area contributed by atoms with Gasteiger partial charge in [0.25, 0.3) is 0 Å². The fourth-order valence-corrected chi connectivity index (χ4v) is 0.876. The Kier molecular flexibility index (Phi) is 2.60. The normalized spacial score (nSPS) is 9.00. The highest BCUT2D eigenvalue weighted by atomic mass is 19.1. The lowest BCUT2D eigenvalue weighted by molar-refractivity contribution is -0.114. The van der Waals surface area contributed by atoms with Gasteiger partial charge in [-0.05, 0) is 18.2 Å². The van der Waals surface area contributed by atoms with Gasteiger partial charge in [0.2, 0.25) is 5.91 Å². The monoisotopic (exact) mass is 178 g/mol. The van der Waals surface area contributed by atoms with E-state index in [4.69, 9.17) is 5.26 Å². The Morgan fingerprint density at radius 3 is 2.77 bits per heavy atom. The van der Waals surface area contributed by atoms with E-state index in [2.05, 4.69) is 5.32 Å². The molecule has 0 radical (unpaired) electrons. The van der Waals surface area contributed by atoms with Crippen LogP contribution in [0.1, 0.15) is 12.5 Å². The van der Waals surface area contributed by atoms with Crippen molar-refractivity contribution in [3.05, 3.63) is 29.6 Å². The highest BCUT2D eigenvalue weighted by molar-refractivity contribution is 5.88. The van der Waals surface area contributed by atoms with E-state index in [1.54, 1.807) is 6.07 Å². The van der Waals surface area contributed by atoms with E-state index in [1.165, 1.54) is 19.1 Å². The third-order valence-electron chi connectivity index (χ3n) is 1.41. The summed E-state index contributed by atoms with van der Waals surface area (Å²) in [5, 5.41) is 10.7. The smallest absolute Gasteiger partial charge is 0.221 e. The second-order valence-corrected chi connectivity index (χ2v) is 2.49. The average molecular weight is 178 g/mol. The zero-order chi connectivity index (χ0) is 9.84. The number of hydrogen-bond acceptors (Lipinski definition) is 2. The van der Waals surface area contributed by atoms with Crippen molar-refractivity contribution in [2.24, 2.45) is 0 Å². The maximum absolute atomic E-state index is 13.0. The minimum absolute atomic E-state index is 0.0894. The van der Waals surface area contributed by atoms with Gasteiger partial charge in [-0.2, -0.15) is 5.26 Å². The van der Waals surface area contributed by atoms with E-state index >= 15 is 0 Å². The van der Waals surface area contributed by atoms with Crippen LogP contribution in [-0.4, -0.2) is 5.91 Å². The zero-order valence-electron chi connectivity index (χ0n) is 6.97. The van der Waals surface area contributed by atoms with Gasteiger partial charge in [0.05, 0.1) is 17.3 Å². The predicted octanol–water partition coefficient (Wildman–Crippen LogP) is 1.66. The topological polar surface area (TPSA) is 52.9 Å². The first-order valence-corrected chi connectivity index (χ1v) is 3.60. The number of halogens is 1. The molecule has 0 aliphatic rings. The molecular weight excluding hydrogens is 171 g/mol. The number of nitriles is 1. The highest BCUT2D eigenvalue weighted by Crippen LogP contribution is 2.14. The summed E-state index contributed by atoms with van der Waals surface area (Å²) < 4.78 is 13.0. The molecular formula is C9H7FN2O. The van der Waals surface area contributed by atoms with Crippen molar-refractivity contribution in [2.45, 2.75) is 6.92 Å². The number of nitrogens with one attached hydrogen (secondary N) is 1. The van der Waals surface area contributed by atoms with Crippen LogP contribution in [0.4, 0.5) is 10.1 Å². The molecule has 1 amide bonds. The summed E-state index contributed by atoms with van der Waals surface area (Å²) in [6, 6.07) is 5.67. The van der Waals surface area contributed by atoms with Crippen molar-refractivity contribution < 1.29 is 9.18 Å². The fourth-order valence-electron chi connectivity index (χ4n) is 0.876. The maximum atomic E-state index is 13.0. The molecule has 13 heavy (non-hydrogen) atoms. The molecule has 0 fully saturated rings. The molecule has 0 unspecified atom stereocenters. The molecule has 0 spiro atoms. The molecule has 0 atom stereocenters. The summed E-state index contributed by atoms with van der Waals surface area (Å²) in [6.45, 7) is 1.29. The SMILES string of the molecule is CC(=O)Nc1ccc(C#N)cc1F. The van der Waals surface area contributed by atoms with Gasteiger partial charge in [0.1, 0.15) is 5.82 Å². The molecule has 0 aromatic heterocycles. The summed E-state index contributed by atoms with van der Waals surface area (Å²) in [7, 11) is 0. The van der Waals surface area contributed by atoms with Crippen LogP contribution >= 0.6 is 0 Å². The first kappa shape index (κ1) is 9.20. The van der Waals surface area contributed by atoms with Gasteiger partial charge >= 0.3 is 0 Å². The lowest BCUT2D eigenvalue weighted by atomic mass is 10.2. The molecule has 1 rings (SSSR count). The summed E-state index contributed by atoms with van der Waals surface area (Å²) in [4.78, 5) is 10.6. The molecule has 0 saturated carbocycles. The molecule has 3 nitrogen and oxygen atoms in total. The number of rotatable bonds is 1.